The Morgan fingerprint density at radius 2 is 2.00 bits per heavy atom. The molecule has 0 amide bonds. The van der Waals surface area contributed by atoms with Gasteiger partial charge in [0.05, 0.1) is 16.3 Å². The first-order valence-corrected chi connectivity index (χ1v) is 7.63. The molecule has 0 aliphatic carbocycles. The lowest BCUT2D eigenvalue weighted by Crippen LogP contribution is -2.20. The highest BCUT2D eigenvalue weighted by Gasteiger charge is 2.13. The average Bonchev–Trinajstić information content (AvgIpc) is 2.79. The molecule has 2 aromatic rings. The zero-order chi connectivity index (χ0) is 16.3. The summed E-state index contributed by atoms with van der Waals surface area (Å²) in [5.74, 6) is 0. The number of benzene rings is 1. The molecular formula is C12H11N5O3S2. The van der Waals surface area contributed by atoms with Gasteiger partial charge in [0.25, 0.3) is 5.69 Å². The molecule has 0 atom stereocenters. The number of aromatic nitrogens is 2. The van der Waals surface area contributed by atoms with Gasteiger partial charge in [-0.05, 0) is 25.3 Å². The van der Waals surface area contributed by atoms with E-state index in [-0.39, 0.29) is 16.9 Å². The van der Waals surface area contributed by atoms with E-state index in [0.717, 1.165) is 0 Å². The lowest BCUT2D eigenvalue weighted by molar-refractivity contribution is -0.384. The number of hydrogen-bond donors (Lipinski definition) is 1. The van der Waals surface area contributed by atoms with Gasteiger partial charge in [-0.25, -0.2) is 4.68 Å². The van der Waals surface area contributed by atoms with Crippen molar-refractivity contribution in [1.29, 1.82) is 0 Å². The summed E-state index contributed by atoms with van der Waals surface area (Å²) in [6, 6.07) is 5.54. The monoisotopic (exact) mass is 337 g/mol. The molecule has 1 aromatic heterocycles. The standard InChI is InChI=1S/C12H11N5O3S2/c1-7-10(11(18)16(15-7)12(21)22-2)14-13-8-3-5-9(6-4-8)17(19)20/h3-6,15H,1-2H3. The minimum atomic E-state index is -0.501. The first kappa shape index (κ1) is 16.0. The van der Waals surface area contributed by atoms with Crippen molar-refractivity contribution >= 4 is 45.4 Å². The normalized spacial score (nSPS) is 11.0. The number of H-pyrrole nitrogens is 1. The second-order valence-corrected chi connectivity index (χ2v) is 5.61. The number of thioether (sulfide) groups is 1. The van der Waals surface area contributed by atoms with Crippen LogP contribution in [0.5, 0.6) is 0 Å². The van der Waals surface area contributed by atoms with Crippen LogP contribution in [0.15, 0.2) is 39.3 Å². The minimum absolute atomic E-state index is 0.0375. The molecule has 0 saturated heterocycles. The van der Waals surface area contributed by atoms with Crippen LogP contribution in [0.3, 0.4) is 0 Å². The van der Waals surface area contributed by atoms with E-state index in [9.17, 15) is 14.9 Å². The van der Waals surface area contributed by atoms with E-state index in [1.165, 1.54) is 40.7 Å². The van der Waals surface area contributed by atoms with Crippen LogP contribution in [0.1, 0.15) is 5.69 Å². The van der Waals surface area contributed by atoms with E-state index in [1.807, 2.05) is 0 Å². The minimum Gasteiger partial charge on any atom is -0.292 e. The molecule has 0 bridgehead atoms. The number of aromatic amines is 1. The van der Waals surface area contributed by atoms with Crippen molar-refractivity contribution in [3.8, 4) is 0 Å². The molecule has 1 N–H and O–H groups in total. The Balaban J connectivity index is 2.30. The number of thiocarbonyl (C=S) groups is 1. The maximum atomic E-state index is 12.1. The fourth-order valence-electron chi connectivity index (χ4n) is 1.62. The SMILES string of the molecule is CSC(=S)n1[nH]c(C)c(N=Nc2ccc([N+](=O)[O-])cc2)c1=O. The molecule has 0 aliphatic rings. The van der Waals surface area contributed by atoms with Crippen LogP contribution < -0.4 is 5.56 Å². The smallest absolute Gasteiger partial charge is 0.292 e. The van der Waals surface area contributed by atoms with Gasteiger partial charge in [-0.3, -0.25) is 20.0 Å². The maximum absolute atomic E-state index is 12.1. The summed E-state index contributed by atoms with van der Waals surface area (Å²) in [4.78, 5) is 22.2. The molecule has 10 heteroatoms. The zero-order valence-electron chi connectivity index (χ0n) is 11.6. The highest BCUT2D eigenvalue weighted by Crippen LogP contribution is 2.21. The quantitative estimate of drug-likeness (QED) is 0.400. The van der Waals surface area contributed by atoms with Crippen molar-refractivity contribution < 1.29 is 4.92 Å². The number of nitrogens with one attached hydrogen (secondary N) is 1. The van der Waals surface area contributed by atoms with Crippen LogP contribution >= 0.6 is 24.0 Å². The van der Waals surface area contributed by atoms with Crippen molar-refractivity contribution in [1.82, 2.24) is 9.78 Å². The van der Waals surface area contributed by atoms with Gasteiger partial charge in [-0.15, -0.1) is 5.11 Å². The average molecular weight is 337 g/mol. The summed E-state index contributed by atoms with van der Waals surface area (Å²) in [6.07, 6.45) is 1.77. The topological polar surface area (TPSA) is 106 Å². The fraction of sp³-hybridized carbons (Fsp3) is 0.167. The van der Waals surface area contributed by atoms with Gasteiger partial charge < -0.3 is 0 Å². The van der Waals surface area contributed by atoms with E-state index in [4.69, 9.17) is 12.2 Å². The zero-order valence-corrected chi connectivity index (χ0v) is 13.3. The molecule has 2 rings (SSSR count). The highest BCUT2D eigenvalue weighted by atomic mass is 32.2. The number of non-ortho nitro benzene ring substituents is 1. The Bertz CT molecular complexity index is 807. The van der Waals surface area contributed by atoms with Gasteiger partial charge in [0, 0.05) is 12.1 Å². The number of nitro benzene ring substituents is 1. The Morgan fingerprint density at radius 1 is 1.36 bits per heavy atom. The Kier molecular flexibility index (Phi) is 4.83. The fourth-order valence-corrected chi connectivity index (χ4v) is 2.06. The summed E-state index contributed by atoms with van der Waals surface area (Å²) >= 11 is 6.32. The van der Waals surface area contributed by atoms with Gasteiger partial charge in [0.15, 0.2) is 10.0 Å². The molecular weight excluding hydrogens is 326 g/mol. The van der Waals surface area contributed by atoms with Gasteiger partial charge >= 0.3 is 5.56 Å². The molecule has 0 saturated carbocycles. The van der Waals surface area contributed by atoms with Crippen LogP contribution in [0.2, 0.25) is 0 Å². The number of azo groups is 1. The van der Waals surface area contributed by atoms with E-state index < -0.39 is 4.92 Å². The van der Waals surface area contributed by atoms with Crippen molar-refractivity contribution in [2.24, 2.45) is 10.2 Å². The van der Waals surface area contributed by atoms with Gasteiger partial charge in [-0.1, -0.05) is 24.0 Å². The maximum Gasteiger partial charge on any atom is 0.300 e. The predicted molar refractivity (Wildman–Crippen MR) is 88.6 cm³/mol. The molecule has 0 aliphatic heterocycles. The van der Waals surface area contributed by atoms with Crippen molar-refractivity contribution in [3.05, 3.63) is 50.4 Å². The summed E-state index contributed by atoms with van der Waals surface area (Å²) in [7, 11) is 0. The molecule has 8 nitrogen and oxygen atoms in total. The third kappa shape index (κ3) is 3.28. The van der Waals surface area contributed by atoms with E-state index in [1.54, 1.807) is 13.2 Å². The van der Waals surface area contributed by atoms with Gasteiger partial charge in [0.2, 0.25) is 0 Å². The van der Waals surface area contributed by atoms with Crippen LogP contribution in [0.25, 0.3) is 0 Å². The van der Waals surface area contributed by atoms with Crippen molar-refractivity contribution in [2.45, 2.75) is 6.92 Å². The summed E-state index contributed by atoms with van der Waals surface area (Å²) in [6.45, 7) is 1.69. The molecule has 1 heterocycles. The largest absolute Gasteiger partial charge is 0.300 e. The van der Waals surface area contributed by atoms with Crippen LogP contribution in [0.4, 0.5) is 17.1 Å². The third-order valence-corrected chi connectivity index (χ3v) is 3.94. The van der Waals surface area contributed by atoms with E-state index in [2.05, 4.69) is 15.3 Å². The molecule has 114 valence electrons. The molecule has 0 radical (unpaired) electrons. The Hall–Kier alpha value is -2.33. The van der Waals surface area contributed by atoms with Crippen LogP contribution in [0, 0.1) is 17.0 Å². The van der Waals surface area contributed by atoms with Crippen molar-refractivity contribution in [3.63, 3.8) is 0 Å². The second-order valence-electron chi connectivity index (χ2n) is 4.17. The number of rotatable bonds is 3. The van der Waals surface area contributed by atoms with Gasteiger partial charge in [-0.2, -0.15) is 5.11 Å². The summed E-state index contributed by atoms with van der Waals surface area (Å²) in [5, 5.41) is 21.2. The number of nitrogens with zero attached hydrogens (tertiary/aromatic N) is 4. The highest BCUT2D eigenvalue weighted by molar-refractivity contribution is 8.22. The van der Waals surface area contributed by atoms with E-state index in [0.29, 0.717) is 15.7 Å². The Labute approximate surface area is 134 Å². The third-order valence-electron chi connectivity index (χ3n) is 2.72. The first-order chi connectivity index (χ1) is 10.4. The Morgan fingerprint density at radius 3 is 2.55 bits per heavy atom. The number of nitro groups is 1. The lowest BCUT2D eigenvalue weighted by Gasteiger charge is -1.97. The number of aryl methyl sites for hydroxylation is 1. The summed E-state index contributed by atoms with van der Waals surface area (Å²) in [5.41, 5.74) is 0.665. The molecule has 0 fully saturated rings. The molecule has 0 unspecified atom stereocenters. The summed E-state index contributed by atoms with van der Waals surface area (Å²) < 4.78 is 1.60. The molecule has 0 spiro atoms. The molecule has 1 aromatic carbocycles. The first-order valence-electron chi connectivity index (χ1n) is 6.00. The number of hydrogen-bond acceptors (Lipinski definition) is 7. The second kappa shape index (κ2) is 6.62. The molecule has 22 heavy (non-hydrogen) atoms. The van der Waals surface area contributed by atoms with Crippen molar-refractivity contribution in [2.75, 3.05) is 6.26 Å². The predicted octanol–water partition coefficient (Wildman–Crippen LogP) is 3.30. The van der Waals surface area contributed by atoms with Gasteiger partial charge in [0.1, 0.15) is 0 Å². The van der Waals surface area contributed by atoms with E-state index >= 15 is 0 Å². The lowest BCUT2D eigenvalue weighted by atomic mass is 10.3. The van der Waals surface area contributed by atoms with Crippen LogP contribution in [-0.2, 0) is 0 Å². The van der Waals surface area contributed by atoms with Crippen LogP contribution in [-0.4, -0.2) is 25.3 Å².